The first kappa shape index (κ1) is 13.9. The molecule has 0 unspecified atom stereocenters. The Kier molecular flexibility index (Phi) is 4.11. The minimum Gasteiger partial charge on any atom is -0.350 e. The van der Waals surface area contributed by atoms with Crippen LogP contribution in [0.25, 0.3) is 0 Å². The smallest absolute Gasteiger partial charge is 0.254 e. The van der Waals surface area contributed by atoms with Crippen LogP contribution in [0, 0.1) is 11.6 Å². The van der Waals surface area contributed by atoms with Crippen LogP contribution < -0.4 is 16.4 Å². The van der Waals surface area contributed by atoms with Crippen molar-refractivity contribution in [3.63, 3.8) is 0 Å². The molecule has 1 aromatic rings. The molecule has 104 valence electrons. The van der Waals surface area contributed by atoms with E-state index in [4.69, 9.17) is 5.73 Å². The highest BCUT2D eigenvalue weighted by atomic mass is 19.1. The van der Waals surface area contributed by atoms with E-state index < -0.39 is 23.1 Å². The van der Waals surface area contributed by atoms with Crippen molar-refractivity contribution in [2.45, 2.75) is 18.4 Å². The van der Waals surface area contributed by atoms with Gasteiger partial charge in [0.2, 0.25) is 0 Å². The molecule has 4 N–H and O–H groups in total. The van der Waals surface area contributed by atoms with Crippen LogP contribution in [-0.2, 0) is 0 Å². The molecule has 0 radical (unpaired) electrons. The molecule has 1 saturated heterocycles. The van der Waals surface area contributed by atoms with E-state index in [0.717, 1.165) is 38.1 Å². The molecular weight excluding hydrogens is 252 g/mol. The van der Waals surface area contributed by atoms with Crippen molar-refractivity contribution in [3.8, 4) is 0 Å². The van der Waals surface area contributed by atoms with Gasteiger partial charge in [-0.3, -0.25) is 4.79 Å². The van der Waals surface area contributed by atoms with Crippen LogP contribution in [0.2, 0.25) is 0 Å². The van der Waals surface area contributed by atoms with Gasteiger partial charge in [0.25, 0.3) is 5.91 Å². The second-order valence-corrected chi connectivity index (χ2v) is 4.92. The molecule has 6 heteroatoms. The third-order valence-corrected chi connectivity index (χ3v) is 3.38. The predicted molar refractivity (Wildman–Crippen MR) is 67.7 cm³/mol. The van der Waals surface area contributed by atoms with Crippen LogP contribution in [-0.4, -0.2) is 31.1 Å². The van der Waals surface area contributed by atoms with Crippen LogP contribution in [0.3, 0.4) is 0 Å². The molecule has 0 aromatic heterocycles. The summed E-state index contributed by atoms with van der Waals surface area (Å²) in [6, 6.07) is 2.88. The van der Waals surface area contributed by atoms with Crippen molar-refractivity contribution in [3.05, 3.63) is 35.4 Å². The maximum absolute atomic E-state index is 13.4. The fourth-order valence-electron chi connectivity index (χ4n) is 2.13. The number of piperidine rings is 1. The lowest BCUT2D eigenvalue weighted by Crippen LogP contribution is -2.55. The van der Waals surface area contributed by atoms with Crippen LogP contribution >= 0.6 is 0 Å². The van der Waals surface area contributed by atoms with Gasteiger partial charge in [0.1, 0.15) is 11.6 Å². The number of hydrogen-bond donors (Lipinski definition) is 3. The molecular formula is C13H17F2N3O. The van der Waals surface area contributed by atoms with Crippen molar-refractivity contribution in [2.24, 2.45) is 5.73 Å². The molecule has 1 fully saturated rings. The molecule has 1 aromatic carbocycles. The number of carbonyl (C=O) groups is 1. The van der Waals surface area contributed by atoms with E-state index in [2.05, 4.69) is 10.6 Å². The molecule has 0 atom stereocenters. The molecule has 0 saturated carbocycles. The largest absolute Gasteiger partial charge is 0.350 e. The fourth-order valence-corrected chi connectivity index (χ4v) is 2.13. The van der Waals surface area contributed by atoms with E-state index >= 15 is 0 Å². The van der Waals surface area contributed by atoms with Gasteiger partial charge in [-0.15, -0.1) is 0 Å². The van der Waals surface area contributed by atoms with Gasteiger partial charge in [0.15, 0.2) is 0 Å². The summed E-state index contributed by atoms with van der Waals surface area (Å²) < 4.78 is 26.2. The average molecular weight is 269 g/mol. The summed E-state index contributed by atoms with van der Waals surface area (Å²) in [6.45, 7) is 1.89. The van der Waals surface area contributed by atoms with Gasteiger partial charge in [-0.25, -0.2) is 8.78 Å². The lowest BCUT2D eigenvalue weighted by molar-refractivity contribution is 0.0934. The SMILES string of the molecule is NC1(CNC(=O)c2ccc(F)cc2F)CCNCC1. The number of amides is 1. The fraction of sp³-hybridized carbons (Fsp3) is 0.462. The Labute approximate surface area is 110 Å². The number of carbonyl (C=O) groups excluding carboxylic acids is 1. The maximum Gasteiger partial charge on any atom is 0.254 e. The topological polar surface area (TPSA) is 67.1 Å². The third-order valence-electron chi connectivity index (χ3n) is 3.38. The molecule has 0 bridgehead atoms. The molecule has 0 spiro atoms. The van der Waals surface area contributed by atoms with E-state index in [0.29, 0.717) is 6.07 Å². The number of hydrogen-bond acceptors (Lipinski definition) is 3. The quantitative estimate of drug-likeness (QED) is 0.759. The molecule has 19 heavy (non-hydrogen) atoms. The number of nitrogens with two attached hydrogens (primary N) is 1. The van der Waals surface area contributed by atoms with Crippen LogP contribution in [0.1, 0.15) is 23.2 Å². The van der Waals surface area contributed by atoms with Gasteiger partial charge in [0.05, 0.1) is 5.56 Å². The highest BCUT2D eigenvalue weighted by Crippen LogP contribution is 2.14. The van der Waals surface area contributed by atoms with E-state index in [1.807, 2.05) is 0 Å². The molecule has 0 aliphatic carbocycles. The van der Waals surface area contributed by atoms with Gasteiger partial charge in [-0.1, -0.05) is 0 Å². The zero-order valence-corrected chi connectivity index (χ0v) is 10.5. The maximum atomic E-state index is 13.4. The van der Waals surface area contributed by atoms with Gasteiger partial charge in [-0.05, 0) is 38.1 Å². The summed E-state index contributed by atoms with van der Waals surface area (Å²) in [4.78, 5) is 11.8. The van der Waals surface area contributed by atoms with Crippen LogP contribution in [0.15, 0.2) is 18.2 Å². The minimum atomic E-state index is -0.867. The van der Waals surface area contributed by atoms with Crippen molar-refractivity contribution in [1.29, 1.82) is 0 Å². The second kappa shape index (κ2) is 5.63. The monoisotopic (exact) mass is 269 g/mol. The van der Waals surface area contributed by atoms with Gasteiger partial charge >= 0.3 is 0 Å². The van der Waals surface area contributed by atoms with Crippen molar-refractivity contribution >= 4 is 5.91 Å². The first-order valence-corrected chi connectivity index (χ1v) is 6.23. The van der Waals surface area contributed by atoms with Crippen LogP contribution in [0.5, 0.6) is 0 Å². The highest BCUT2D eigenvalue weighted by molar-refractivity contribution is 5.94. The summed E-state index contributed by atoms with van der Waals surface area (Å²) in [6.07, 6.45) is 1.50. The normalized spacial score (nSPS) is 18.1. The summed E-state index contributed by atoms with van der Waals surface area (Å²) in [5.74, 6) is -2.14. The van der Waals surface area contributed by atoms with Crippen molar-refractivity contribution < 1.29 is 13.6 Å². The Balaban J connectivity index is 1.97. The van der Waals surface area contributed by atoms with Crippen LogP contribution in [0.4, 0.5) is 8.78 Å². The summed E-state index contributed by atoms with van der Waals surface area (Å²) in [5, 5.41) is 5.80. The van der Waals surface area contributed by atoms with E-state index in [-0.39, 0.29) is 12.1 Å². The first-order chi connectivity index (χ1) is 9.00. The average Bonchev–Trinajstić information content (AvgIpc) is 2.37. The zero-order valence-electron chi connectivity index (χ0n) is 10.5. The Morgan fingerprint density at radius 3 is 2.68 bits per heavy atom. The molecule has 1 aliphatic rings. The molecule has 1 amide bonds. The van der Waals surface area contributed by atoms with Gasteiger partial charge < -0.3 is 16.4 Å². The third kappa shape index (κ3) is 3.48. The summed E-state index contributed by atoms with van der Waals surface area (Å²) >= 11 is 0. The lowest BCUT2D eigenvalue weighted by Gasteiger charge is -2.33. The summed E-state index contributed by atoms with van der Waals surface area (Å²) in [7, 11) is 0. The lowest BCUT2D eigenvalue weighted by atomic mass is 9.89. The van der Waals surface area contributed by atoms with Gasteiger partial charge in [0, 0.05) is 18.2 Å². The number of rotatable bonds is 3. The first-order valence-electron chi connectivity index (χ1n) is 6.23. The summed E-state index contributed by atoms with van der Waals surface area (Å²) in [5.41, 5.74) is 5.51. The number of halogens is 2. The Hall–Kier alpha value is -1.53. The van der Waals surface area contributed by atoms with Crippen molar-refractivity contribution in [2.75, 3.05) is 19.6 Å². The zero-order chi connectivity index (χ0) is 13.9. The van der Waals surface area contributed by atoms with E-state index in [1.165, 1.54) is 0 Å². The van der Waals surface area contributed by atoms with E-state index in [9.17, 15) is 13.6 Å². The predicted octanol–water partition coefficient (Wildman–Crippen LogP) is 0.775. The van der Waals surface area contributed by atoms with E-state index in [1.54, 1.807) is 0 Å². The molecule has 2 rings (SSSR count). The molecule has 1 aliphatic heterocycles. The second-order valence-electron chi connectivity index (χ2n) is 4.92. The number of benzene rings is 1. The molecule has 4 nitrogen and oxygen atoms in total. The Morgan fingerprint density at radius 1 is 1.37 bits per heavy atom. The Bertz CT molecular complexity index is 473. The Morgan fingerprint density at radius 2 is 2.05 bits per heavy atom. The number of nitrogens with one attached hydrogen (secondary N) is 2. The molecule has 1 heterocycles. The highest BCUT2D eigenvalue weighted by Gasteiger charge is 2.28. The minimum absolute atomic E-state index is 0.168. The van der Waals surface area contributed by atoms with Crippen molar-refractivity contribution in [1.82, 2.24) is 10.6 Å². The standard InChI is InChI=1S/C13H17F2N3O/c14-9-1-2-10(11(15)7-9)12(19)18-8-13(16)3-5-17-6-4-13/h1-2,7,17H,3-6,8,16H2,(H,18,19). The van der Waals surface area contributed by atoms with Gasteiger partial charge in [-0.2, -0.15) is 0 Å².